The summed E-state index contributed by atoms with van der Waals surface area (Å²) in [6, 6.07) is 13.7. The molecule has 4 nitrogen and oxygen atoms in total. The summed E-state index contributed by atoms with van der Waals surface area (Å²) >= 11 is 6.00. The highest BCUT2D eigenvalue weighted by molar-refractivity contribution is 7.92. The number of carbonyl (C=O) groups is 1. The van der Waals surface area contributed by atoms with Crippen LogP contribution >= 0.6 is 11.6 Å². The fourth-order valence-electron chi connectivity index (χ4n) is 2.52. The lowest BCUT2D eigenvalue weighted by Gasteiger charge is -2.17. The summed E-state index contributed by atoms with van der Waals surface area (Å²) in [6.07, 6.45) is 0. The van der Waals surface area contributed by atoms with E-state index in [0.717, 1.165) is 0 Å². The molecule has 0 saturated carbocycles. The van der Waals surface area contributed by atoms with Crippen LogP contribution in [0.4, 0.5) is 5.69 Å². The van der Waals surface area contributed by atoms with Gasteiger partial charge < -0.3 is 5.32 Å². The Hall–Kier alpha value is -1.85. The summed E-state index contributed by atoms with van der Waals surface area (Å²) in [5.41, 5.74) is 1.61. The minimum absolute atomic E-state index is 0.432. The lowest BCUT2D eigenvalue weighted by Crippen LogP contribution is -2.23. The Bertz CT molecular complexity index is 803. The van der Waals surface area contributed by atoms with E-state index in [1.54, 1.807) is 42.5 Å². The van der Waals surface area contributed by atoms with Crippen molar-refractivity contribution < 1.29 is 13.2 Å². The zero-order valence-corrected chi connectivity index (χ0v) is 12.5. The molecule has 0 bridgehead atoms. The van der Waals surface area contributed by atoms with E-state index < -0.39 is 26.7 Å². The Morgan fingerprint density at radius 1 is 1.10 bits per heavy atom. The van der Waals surface area contributed by atoms with Gasteiger partial charge in [-0.25, -0.2) is 8.42 Å². The monoisotopic (exact) mass is 321 g/mol. The van der Waals surface area contributed by atoms with Gasteiger partial charge in [0.1, 0.15) is 11.0 Å². The first-order valence-corrected chi connectivity index (χ1v) is 8.42. The highest BCUT2D eigenvalue weighted by Crippen LogP contribution is 2.38. The Morgan fingerprint density at radius 3 is 2.52 bits per heavy atom. The van der Waals surface area contributed by atoms with E-state index in [0.29, 0.717) is 21.8 Å². The highest BCUT2D eigenvalue weighted by Gasteiger charge is 2.36. The predicted octanol–water partition coefficient (Wildman–Crippen LogP) is 2.80. The molecule has 0 aromatic heterocycles. The molecule has 3 rings (SSSR count). The van der Waals surface area contributed by atoms with Crippen LogP contribution in [0.1, 0.15) is 16.4 Å². The van der Waals surface area contributed by atoms with Gasteiger partial charge in [-0.3, -0.25) is 4.79 Å². The zero-order valence-electron chi connectivity index (χ0n) is 10.9. The van der Waals surface area contributed by atoms with Crippen molar-refractivity contribution in [2.75, 3.05) is 11.1 Å². The van der Waals surface area contributed by atoms with Crippen LogP contribution in [0, 0.1) is 0 Å². The number of carbonyl (C=O) groups excluding carboxylic acids is 1. The number of benzene rings is 2. The Morgan fingerprint density at radius 2 is 1.81 bits per heavy atom. The average molecular weight is 322 g/mol. The summed E-state index contributed by atoms with van der Waals surface area (Å²) in [6.45, 7) is 0. The first kappa shape index (κ1) is 14.1. The van der Waals surface area contributed by atoms with Crippen LogP contribution in [0.3, 0.4) is 0 Å². The fourth-order valence-corrected chi connectivity index (χ4v) is 4.46. The van der Waals surface area contributed by atoms with Gasteiger partial charge >= 0.3 is 0 Å². The molecule has 6 heteroatoms. The SMILES string of the molecule is O=C1CS(=O)(=O)C(c2ccccc2)c2cc(Cl)ccc2N1. The van der Waals surface area contributed by atoms with Gasteiger partial charge in [0, 0.05) is 10.7 Å². The maximum absolute atomic E-state index is 12.6. The van der Waals surface area contributed by atoms with E-state index in [4.69, 9.17) is 11.6 Å². The minimum Gasteiger partial charge on any atom is -0.325 e. The molecule has 0 radical (unpaired) electrons. The van der Waals surface area contributed by atoms with Gasteiger partial charge in [-0.15, -0.1) is 0 Å². The highest BCUT2D eigenvalue weighted by atomic mass is 35.5. The first-order valence-electron chi connectivity index (χ1n) is 6.33. The molecule has 0 aliphatic carbocycles. The molecular formula is C15H12ClNO3S. The van der Waals surface area contributed by atoms with Gasteiger partial charge in [0.2, 0.25) is 5.91 Å². The number of nitrogens with one attached hydrogen (secondary N) is 1. The predicted molar refractivity (Wildman–Crippen MR) is 82.2 cm³/mol. The molecule has 2 aromatic carbocycles. The average Bonchev–Trinajstić information content (AvgIpc) is 2.51. The molecule has 1 aliphatic rings. The normalized spacial score (nSPS) is 20.2. The summed E-state index contributed by atoms with van der Waals surface area (Å²) in [5, 5.41) is 2.16. The third-order valence-electron chi connectivity index (χ3n) is 3.36. The topological polar surface area (TPSA) is 63.2 Å². The molecule has 0 saturated heterocycles. The number of anilines is 1. The number of sulfone groups is 1. The van der Waals surface area contributed by atoms with Crippen molar-refractivity contribution in [2.24, 2.45) is 0 Å². The molecule has 1 N–H and O–H groups in total. The molecule has 21 heavy (non-hydrogen) atoms. The van der Waals surface area contributed by atoms with Gasteiger partial charge in [0.15, 0.2) is 9.84 Å². The largest absolute Gasteiger partial charge is 0.325 e. The van der Waals surface area contributed by atoms with E-state index in [1.165, 1.54) is 0 Å². The van der Waals surface area contributed by atoms with Crippen LogP contribution in [-0.4, -0.2) is 20.1 Å². The molecule has 1 atom stereocenters. The number of hydrogen-bond acceptors (Lipinski definition) is 3. The molecule has 1 unspecified atom stereocenters. The first-order chi connectivity index (χ1) is 9.97. The third kappa shape index (κ3) is 2.66. The maximum Gasteiger partial charge on any atom is 0.239 e. The maximum atomic E-state index is 12.6. The second-order valence-electron chi connectivity index (χ2n) is 4.88. The quantitative estimate of drug-likeness (QED) is 0.878. The van der Waals surface area contributed by atoms with Crippen LogP contribution in [-0.2, 0) is 14.6 Å². The third-order valence-corrected chi connectivity index (χ3v) is 5.51. The lowest BCUT2D eigenvalue weighted by molar-refractivity contribution is -0.113. The van der Waals surface area contributed by atoms with E-state index in [9.17, 15) is 13.2 Å². The van der Waals surface area contributed by atoms with Crippen molar-refractivity contribution in [3.8, 4) is 0 Å². The van der Waals surface area contributed by atoms with Crippen LogP contribution in [0.5, 0.6) is 0 Å². The second kappa shape index (κ2) is 5.16. The van der Waals surface area contributed by atoms with Gasteiger partial charge in [-0.1, -0.05) is 41.9 Å². The van der Waals surface area contributed by atoms with Crippen molar-refractivity contribution in [3.63, 3.8) is 0 Å². The number of rotatable bonds is 1. The van der Waals surface area contributed by atoms with Crippen molar-refractivity contribution >= 4 is 33.0 Å². The van der Waals surface area contributed by atoms with Crippen molar-refractivity contribution in [1.29, 1.82) is 0 Å². The van der Waals surface area contributed by atoms with Gasteiger partial charge in [-0.2, -0.15) is 0 Å². The molecule has 108 valence electrons. The molecule has 2 aromatic rings. The van der Waals surface area contributed by atoms with Crippen molar-refractivity contribution in [2.45, 2.75) is 5.25 Å². The molecular weight excluding hydrogens is 310 g/mol. The van der Waals surface area contributed by atoms with Gasteiger partial charge in [0.05, 0.1) is 0 Å². The van der Waals surface area contributed by atoms with Crippen LogP contribution in [0.2, 0.25) is 5.02 Å². The standard InChI is InChI=1S/C15H12ClNO3S/c16-11-6-7-13-12(8-11)15(10-4-2-1-3-5-10)21(19,20)9-14(18)17-13/h1-8,15H,9H2,(H,17,18). The molecule has 0 fully saturated rings. The fraction of sp³-hybridized carbons (Fsp3) is 0.133. The Labute approximate surface area is 127 Å². The molecule has 1 heterocycles. The van der Waals surface area contributed by atoms with E-state index in [2.05, 4.69) is 5.32 Å². The smallest absolute Gasteiger partial charge is 0.239 e. The summed E-state index contributed by atoms with van der Waals surface area (Å²) in [5.74, 6) is -1.07. The van der Waals surface area contributed by atoms with Crippen molar-refractivity contribution in [3.05, 3.63) is 64.7 Å². The van der Waals surface area contributed by atoms with E-state index >= 15 is 0 Å². The summed E-state index contributed by atoms with van der Waals surface area (Å²) in [7, 11) is -3.66. The van der Waals surface area contributed by atoms with E-state index in [1.807, 2.05) is 6.07 Å². The molecule has 0 spiro atoms. The number of amides is 1. The van der Waals surface area contributed by atoms with Crippen LogP contribution in [0.15, 0.2) is 48.5 Å². The molecule has 1 aliphatic heterocycles. The Balaban J connectivity index is 2.29. The van der Waals surface area contributed by atoms with Crippen LogP contribution < -0.4 is 5.32 Å². The van der Waals surface area contributed by atoms with E-state index in [-0.39, 0.29) is 0 Å². The van der Waals surface area contributed by atoms with Crippen molar-refractivity contribution in [1.82, 2.24) is 0 Å². The summed E-state index contributed by atoms with van der Waals surface area (Å²) < 4.78 is 25.2. The lowest BCUT2D eigenvalue weighted by atomic mass is 10.0. The Kier molecular flexibility index (Phi) is 3.47. The molecule has 1 amide bonds. The van der Waals surface area contributed by atoms with Gasteiger partial charge in [-0.05, 0) is 29.3 Å². The number of halogens is 1. The van der Waals surface area contributed by atoms with Crippen LogP contribution in [0.25, 0.3) is 0 Å². The van der Waals surface area contributed by atoms with Gasteiger partial charge in [0.25, 0.3) is 0 Å². The number of hydrogen-bond donors (Lipinski definition) is 1. The number of fused-ring (bicyclic) bond motifs is 1. The minimum atomic E-state index is -3.66. The zero-order chi connectivity index (χ0) is 15.0. The second-order valence-corrected chi connectivity index (χ2v) is 7.40. The summed E-state index contributed by atoms with van der Waals surface area (Å²) in [4.78, 5) is 11.8.